The lowest BCUT2D eigenvalue weighted by Crippen LogP contribution is -2.11. The highest BCUT2D eigenvalue weighted by atomic mass is 14.2. The Morgan fingerprint density at radius 2 is 0.875 bits per heavy atom. The van der Waals surface area contributed by atoms with Crippen LogP contribution in [0.2, 0.25) is 11.6 Å². The van der Waals surface area contributed by atoms with Gasteiger partial charge in [-0.3, -0.25) is 0 Å². The topological polar surface area (TPSA) is 0 Å². The van der Waals surface area contributed by atoms with Gasteiger partial charge in [0.15, 0.2) is 0 Å². The van der Waals surface area contributed by atoms with E-state index >= 15 is 0 Å². The third-order valence-electron chi connectivity index (χ3n) is 4.78. The zero-order valence-corrected chi connectivity index (χ0v) is 11.1. The number of hydrogen-bond donors (Lipinski definition) is 0. The molecule has 2 heteroatoms. The molecule has 2 rings (SSSR count). The molecule has 0 atom stereocenters. The molecule has 0 heterocycles. The van der Waals surface area contributed by atoms with Crippen LogP contribution in [-0.4, -0.2) is 15.7 Å². The largest absolute Gasteiger partial charge is 0.105 e. The highest BCUT2D eigenvalue weighted by Crippen LogP contribution is 2.34. The van der Waals surface area contributed by atoms with Crippen LogP contribution in [0, 0.1) is 11.8 Å². The van der Waals surface area contributed by atoms with Gasteiger partial charge >= 0.3 is 0 Å². The third kappa shape index (κ3) is 3.71. The average molecular weight is 216 g/mol. The second-order valence-electron chi connectivity index (χ2n) is 6.42. The Balaban J connectivity index is 1.72. The molecule has 2 saturated carbocycles. The zero-order valence-electron chi connectivity index (χ0n) is 11.1. The standard InChI is InChI=1S/C14H26B2/c15-13-7-3-11(4-8-13)1-2-12-5-9-14(16)10-6-12/h1-2,11-14H,3-10,15-16H2. The molecule has 0 unspecified atom stereocenters. The van der Waals surface area contributed by atoms with Crippen LogP contribution in [0.15, 0.2) is 12.2 Å². The SMILES string of the molecule is BC1CCC(C=CC2CCC(B)CC2)CC1. The number of rotatable bonds is 2. The molecule has 2 aliphatic rings. The van der Waals surface area contributed by atoms with Gasteiger partial charge in [-0.2, -0.15) is 0 Å². The van der Waals surface area contributed by atoms with Crippen LogP contribution in [0.25, 0.3) is 0 Å². The third-order valence-corrected chi connectivity index (χ3v) is 4.78. The van der Waals surface area contributed by atoms with Gasteiger partial charge in [0.2, 0.25) is 0 Å². The van der Waals surface area contributed by atoms with E-state index in [9.17, 15) is 0 Å². The van der Waals surface area contributed by atoms with E-state index in [1.807, 2.05) is 0 Å². The molecule has 0 saturated heterocycles. The molecule has 88 valence electrons. The van der Waals surface area contributed by atoms with E-state index in [2.05, 4.69) is 27.8 Å². The predicted octanol–water partition coefficient (Wildman–Crippen LogP) is 2.77. The normalized spacial score (nSPS) is 41.2. The summed E-state index contributed by atoms with van der Waals surface area (Å²) in [5.74, 6) is 3.80. The van der Waals surface area contributed by atoms with Gasteiger partial charge in [0.05, 0.1) is 0 Å². The van der Waals surface area contributed by atoms with Gasteiger partial charge in [0, 0.05) is 0 Å². The highest BCUT2D eigenvalue weighted by Gasteiger charge is 2.18. The summed E-state index contributed by atoms with van der Waals surface area (Å²) < 4.78 is 0. The molecular weight excluding hydrogens is 190 g/mol. The Kier molecular flexibility index (Phi) is 4.61. The molecule has 0 spiro atoms. The maximum atomic E-state index is 2.56. The maximum absolute atomic E-state index is 2.56. The second kappa shape index (κ2) is 5.98. The van der Waals surface area contributed by atoms with E-state index in [0.717, 1.165) is 23.5 Å². The molecular formula is C14H26B2. The van der Waals surface area contributed by atoms with Gasteiger partial charge < -0.3 is 0 Å². The van der Waals surface area contributed by atoms with Crippen molar-refractivity contribution in [2.45, 2.75) is 63.0 Å². The van der Waals surface area contributed by atoms with Crippen molar-refractivity contribution < 1.29 is 0 Å². The van der Waals surface area contributed by atoms with Crippen LogP contribution in [0.4, 0.5) is 0 Å². The smallest absolute Gasteiger partial charge is 0.0851 e. The van der Waals surface area contributed by atoms with Crippen molar-refractivity contribution in [3.8, 4) is 0 Å². The maximum Gasteiger partial charge on any atom is 0.105 e. The first-order chi connectivity index (χ1) is 7.74. The molecule has 0 nitrogen and oxygen atoms in total. The molecule has 0 aromatic heterocycles. The van der Waals surface area contributed by atoms with Gasteiger partial charge in [-0.05, 0) is 37.5 Å². The quantitative estimate of drug-likeness (QED) is 0.491. The lowest BCUT2D eigenvalue weighted by Gasteiger charge is -2.26. The second-order valence-corrected chi connectivity index (χ2v) is 6.42. The number of hydrogen-bond acceptors (Lipinski definition) is 0. The van der Waals surface area contributed by atoms with Crippen LogP contribution in [0.1, 0.15) is 51.4 Å². The summed E-state index contributed by atoms with van der Waals surface area (Å²) in [6, 6.07) is 0. The fourth-order valence-corrected chi connectivity index (χ4v) is 3.27. The Morgan fingerprint density at radius 1 is 0.562 bits per heavy atom. The Labute approximate surface area is 103 Å². The van der Waals surface area contributed by atoms with E-state index in [0.29, 0.717) is 0 Å². The van der Waals surface area contributed by atoms with Crippen molar-refractivity contribution >= 4 is 15.7 Å². The van der Waals surface area contributed by atoms with Crippen LogP contribution >= 0.6 is 0 Å². The van der Waals surface area contributed by atoms with Crippen LogP contribution in [0.5, 0.6) is 0 Å². The fraction of sp³-hybridized carbons (Fsp3) is 0.857. The number of allylic oxidation sites excluding steroid dienone is 2. The Bertz CT molecular complexity index is 197. The monoisotopic (exact) mass is 216 g/mol. The van der Waals surface area contributed by atoms with Gasteiger partial charge in [-0.25, -0.2) is 0 Å². The first kappa shape index (κ1) is 12.3. The molecule has 2 fully saturated rings. The minimum atomic E-state index is 0.913. The van der Waals surface area contributed by atoms with Gasteiger partial charge in [-0.1, -0.05) is 49.5 Å². The predicted molar refractivity (Wildman–Crippen MR) is 77.6 cm³/mol. The highest BCUT2D eigenvalue weighted by molar-refractivity contribution is 6.11. The molecule has 16 heavy (non-hydrogen) atoms. The summed E-state index contributed by atoms with van der Waals surface area (Å²) in [6.45, 7) is 0. The summed E-state index contributed by atoms with van der Waals surface area (Å²) in [5.41, 5.74) is 0. The van der Waals surface area contributed by atoms with Crippen LogP contribution < -0.4 is 0 Å². The molecule has 0 radical (unpaired) electrons. The van der Waals surface area contributed by atoms with Gasteiger partial charge in [0.25, 0.3) is 0 Å². The molecule has 0 amide bonds. The van der Waals surface area contributed by atoms with Crippen molar-refractivity contribution in [1.29, 1.82) is 0 Å². The van der Waals surface area contributed by atoms with Gasteiger partial charge in [-0.15, -0.1) is 0 Å². The summed E-state index contributed by atoms with van der Waals surface area (Å²) in [6.07, 6.45) is 16.7. The first-order valence-electron chi connectivity index (χ1n) is 7.42. The van der Waals surface area contributed by atoms with E-state index in [1.165, 1.54) is 51.4 Å². The van der Waals surface area contributed by atoms with E-state index in [4.69, 9.17) is 0 Å². The Morgan fingerprint density at radius 3 is 1.19 bits per heavy atom. The molecule has 0 bridgehead atoms. The molecule has 0 aromatic rings. The first-order valence-corrected chi connectivity index (χ1v) is 7.42. The van der Waals surface area contributed by atoms with Crippen molar-refractivity contribution in [3.05, 3.63) is 12.2 Å². The molecule has 2 aliphatic carbocycles. The van der Waals surface area contributed by atoms with E-state index < -0.39 is 0 Å². The lowest BCUT2D eigenvalue weighted by molar-refractivity contribution is 0.401. The van der Waals surface area contributed by atoms with Crippen LogP contribution in [-0.2, 0) is 0 Å². The summed E-state index contributed by atoms with van der Waals surface area (Å²) in [5, 5.41) is 0. The summed E-state index contributed by atoms with van der Waals surface area (Å²) >= 11 is 0. The van der Waals surface area contributed by atoms with Gasteiger partial charge in [0.1, 0.15) is 15.7 Å². The molecule has 0 N–H and O–H groups in total. The average Bonchev–Trinajstić information content (AvgIpc) is 2.30. The van der Waals surface area contributed by atoms with Crippen molar-refractivity contribution in [2.75, 3.05) is 0 Å². The van der Waals surface area contributed by atoms with Crippen molar-refractivity contribution in [2.24, 2.45) is 11.8 Å². The minimum Gasteiger partial charge on any atom is -0.0851 e. The Hall–Kier alpha value is -0.130. The molecule has 0 aliphatic heterocycles. The van der Waals surface area contributed by atoms with Crippen LogP contribution in [0.3, 0.4) is 0 Å². The minimum absolute atomic E-state index is 0.913. The summed E-state index contributed by atoms with van der Waals surface area (Å²) in [4.78, 5) is 0. The lowest BCUT2D eigenvalue weighted by atomic mass is 9.70. The summed E-state index contributed by atoms with van der Waals surface area (Å²) in [7, 11) is 4.81. The van der Waals surface area contributed by atoms with Crippen molar-refractivity contribution in [3.63, 3.8) is 0 Å². The van der Waals surface area contributed by atoms with Crippen molar-refractivity contribution in [1.82, 2.24) is 0 Å². The fourth-order valence-electron chi connectivity index (χ4n) is 3.27. The van der Waals surface area contributed by atoms with E-state index in [-0.39, 0.29) is 0 Å². The zero-order chi connectivity index (χ0) is 11.4. The molecule has 0 aromatic carbocycles. The van der Waals surface area contributed by atoms with E-state index in [1.54, 1.807) is 0 Å².